The fourth-order valence-corrected chi connectivity index (χ4v) is 3.95. The molecule has 4 heteroatoms. The number of benzene rings is 1. The average Bonchev–Trinajstić information content (AvgIpc) is 2.94. The van der Waals surface area contributed by atoms with Crippen LogP contribution in [0.5, 0.6) is 0 Å². The maximum atomic E-state index is 12.3. The number of para-hydroxylation sites is 2. The zero-order valence-corrected chi connectivity index (χ0v) is 15.0. The molecule has 0 radical (unpaired) electrons. The lowest BCUT2D eigenvalue weighted by molar-refractivity contribution is 0.183. The van der Waals surface area contributed by atoms with E-state index in [0.29, 0.717) is 6.04 Å². The van der Waals surface area contributed by atoms with Gasteiger partial charge in [-0.2, -0.15) is 0 Å². The quantitative estimate of drug-likeness (QED) is 0.733. The summed E-state index contributed by atoms with van der Waals surface area (Å²) < 4.78 is 1.98. The van der Waals surface area contributed by atoms with Crippen molar-refractivity contribution in [2.45, 2.75) is 64.3 Å². The zero-order valence-electron chi connectivity index (χ0n) is 15.0. The molecule has 1 aliphatic rings. The maximum Gasteiger partial charge on any atom is 0.326 e. The van der Waals surface area contributed by atoms with Crippen LogP contribution in [-0.2, 0) is 0 Å². The number of likely N-dealkylation sites (tertiary alicyclic amines) is 1. The lowest BCUT2D eigenvalue weighted by atomic mass is 10.0. The lowest BCUT2D eigenvalue weighted by Gasteiger charge is -2.32. The molecule has 3 rings (SSSR count). The molecule has 2 aromatic rings. The second-order valence-corrected chi connectivity index (χ2v) is 7.16. The average molecular weight is 329 g/mol. The summed E-state index contributed by atoms with van der Waals surface area (Å²) >= 11 is 0. The minimum atomic E-state index is 0.0468. The Kier molecular flexibility index (Phi) is 6.13. The molecule has 0 amide bonds. The molecule has 24 heavy (non-hydrogen) atoms. The predicted molar refractivity (Wildman–Crippen MR) is 101 cm³/mol. The van der Waals surface area contributed by atoms with Gasteiger partial charge in [-0.05, 0) is 37.9 Å². The van der Waals surface area contributed by atoms with Crippen LogP contribution in [0, 0.1) is 0 Å². The fraction of sp³-hybridized carbons (Fsp3) is 0.650. The fourth-order valence-electron chi connectivity index (χ4n) is 3.95. The van der Waals surface area contributed by atoms with Crippen LogP contribution in [0.3, 0.4) is 0 Å². The van der Waals surface area contributed by atoms with Crippen LogP contribution in [0.4, 0.5) is 0 Å². The molecular formula is C20H31N3O. The molecule has 2 heterocycles. The van der Waals surface area contributed by atoms with Gasteiger partial charge in [0, 0.05) is 19.1 Å². The number of hydrogen-bond acceptors (Lipinski definition) is 2. The second-order valence-electron chi connectivity index (χ2n) is 7.16. The number of nitrogens with one attached hydrogen (secondary N) is 1. The highest BCUT2D eigenvalue weighted by atomic mass is 16.1. The SMILES string of the molecule is CCCCCCCCN1CCC(n2c(=O)[nH]c3ccccc32)CC1. The summed E-state index contributed by atoms with van der Waals surface area (Å²) in [5.41, 5.74) is 2.06. The van der Waals surface area contributed by atoms with E-state index in [9.17, 15) is 4.79 Å². The van der Waals surface area contributed by atoms with Crippen molar-refractivity contribution in [1.29, 1.82) is 0 Å². The van der Waals surface area contributed by atoms with Gasteiger partial charge in [-0.3, -0.25) is 4.57 Å². The van der Waals surface area contributed by atoms with Crippen LogP contribution in [-0.4, -0.2) is 34.1 Å². The van der Waals surface area contributed by atoms with Crippen LogP contribution in [0.25, 0.3) is 11.0 Å². The molecule has 1 aliphatic heterocycles. The number of hydrogen-bond donors (Lipinski definition) is 1. The molecule has 4 nitrogen and oxygen atoms in total. The summed E-state index contributed by atoms with van der Waals surface area (Å²) in [7, 11) is 0. The van der Waals surface area contributed by atoms with Crippen LogP contribution in [0.2, 0.25) is 0 Å². The lowest BCUT2D eigenvalue weighted by Crippen LogP contribution is -2.37. The third-order valence-electron chi connectivity index (χ3n) is 5.37. The molecule has 0 bridgehead atoms. The van der Waals surface area contributed by atoms with Crippen molar-refractivity contribution in [3.8, 4) is 0 Å². The van der Waals surface area contributed by atoms with E-state index >= 15 is 0 Å². The van der Waals surface area contributed by atoms with Gasteiger partial charge in [-0.25, -0.2) is 4.79 Å². The smallest absolute Gasteiger partial charge is 0.306 e. The monoisotopic (exact) mass is 329 g/mol. The van der Waals surface area contributed by atoms with Crippen LogP contribution < -0.4 is 5.69 Å². The number of aromatic amines is 1. The summed E-state index contributed by atoms with van der Waals surface area (Å²) in [5.74, 6) is 0. The minimum absolute atomic E-state index is 0.0468. The Morgan fingerprint density at radius 2 is 1.75 bits per heavy atom. The summed E-state index contributed by atoms with van der Waals surface area (Å²) in [6, 6.07) is 8.37. The van der Waals surface area contributed by atoms with Crippen LogP contribution in [0.1, 0.15) is 64.3 Å². The van der Waals surface area contributed by atoms with Gasteiger partial charge in [0.25, 0.3) is 0 Å². The minimum Gasteiger partial charge on any atom is -0.306 e. The molecule has 1 N–H and O–H groups in total. The number of fused-ring (bicyclic) bond motifs is 1. The van der Waals surface area contributed by atoms with Gasteiger partial charge < -0.3 is 9.88 Å². The predicted octanol–water partition coefficient (Wildman–Crippen LogP) is 4.33. The van der Waals surface area contributed by atoms with E-state index < -0.39 is 0 Å². The van der Waals surface area contributed by atoms with Gasteiger partial charge in [-0.1, -0.05) is 51.2 Å². The van der Waals surface area contributed by atoms with Gasteiger partial charge in [0.15, 0.2) is 0 Å². The van der Waals surface area contributed by atoms with Crippen LogP contribution in [0.15, 0.2) is 29.1 Å². The first-order valence-corrected chi connectivity index (χ1v) is 9.71. The topological polar surface area (TPSA) is 41.0 Å². The van der Waals surface area contributed by atoms with E-state index in [1.54, 1.807) is 0 Å². The first kappa shape index (κ1) is 17.3. The molecular weight excluding hydrogens is 298 g/mol. The van der Waals surface area contributed by atoms with Gasteiger partial charge in [0.2, 0.25) is 0 Å². The first-order chi connectivity index (χ1) is 11.8. The normalized spacial score (nSPS) is 16.9. The van der Waals surface area contributed by atoms with Crippen molar-refractivity contribution in [2.75, 3.05) is 19.6 Å². The highest BCUT2D eigenvalue weighted by Gasteiger charge is 2.23. The first-order valence-electron chi connectivity index (χ1n) is 9.71. The molecule has 1 aromatic carbocycles. The van der Waals surface area contributed by atoms with E-state index in [0.717, 1.165) is 37.0 Å². The summed E-state index contributed by atoms with van der Waals surface area (Å²) in [4.78, 5) is 17.9. The highest BCUT2D eigenvalue weighted by Crippen LogP contribution is 2.25. The molecule has 1 saturated heterocycles. The molecule has 132 valence electrons. The third kappa shape index (κ3) is 4.10. The molecule has 1 aromatic heterocycles. The number of nitrogens with zero attached hydrogens (tertiary/aromatic N) is 2. The van der Waals surface area contributed by atoms with Gasteiger partial charge in [-0.15, -0.1) is 0 Å². The number of unbranched alkanes of at least 4 members (excludes halogenated alkanes) is 5. The molecule has 0 spiro atoms. The number of aromatic nitrogens is 2. The Labute approximate surface area is 144 Å². The van der Waals surface area contributed by atoms with E-state index in [-0.39, 0.29) is 5.69 Å². The largest absolute Gasteiger partial charge is 0.326 e. The second kappa shape index (κ2) is 8.52. The summed E-state index contributed by atoms with van der Waals surface area (Å²) in [6.07, 6.45) is 10.3. The zero-order chi connectivity index (χ0) is 16.8. The number of imidazole rings is 1. The van der Waals surface area contributed by atoms with Crippen molar-refractivity contribution in [3.63, 3.8) is 0 Å². The number of H-pyrrole nitrogens is 1. The van der Waals surface area contributed by atoms with Gasteiger partial charge in [0.05, 0.1) is 11.0 Å². The molecule has 0 unspecified atom stereocenters. The summed E-state index contributed by atoms with van der Waals surface area (Å²) in [5, 5.41) is 0. The van der Waals surface area contributed by atoms with Crippen molar-refractivity contribution in [3.05, 3.63) is 34.7 Å². The highest BCUT2D eigenvalue weighted by molar-refractivity contribution is 5.75. The van der Waals surface area contributed by atoms with Crippen molar-refractivity contribution in [1.82, 2.24) is 14.5 Å². The summed E-state index contributed by atoms with van der Waals surface area (Å²) in [6.45, 7) is 5.72. The van der Waals surface area contributed by atoms with Crippen LogP contribution >= 0.6 is 0 Å². The third-order valence-corrected chi connectivity index (χ3v) is 5.37. The van der Waals surface area contributed by atoms with Gasteiger partial charge >= 0.3 is 5.69 Å². The standard InChI is InChI=1S/C20H31N3O/c1-2-3-4-5-6-9-14-22-15-12-17(13-16-22)23-19-11-8-7-10-18(19)21-20(23)24/h7-8,10-11,17H,2-6,9,12-16H2,1H3,(H,21,24). The Morgan fingerprint density at radius 1 is 1.04 bits per heavy atom. The molecule has 0 saturated carbocycles. The van der Waals surface area contributed by atoms with E-state index in [2.05, 4.69) is 22.9 Å². The number of rotatable bonds is 8. The Hall–Kier alpha value is -1.55. The maximum absolute atomic E-state index is 12.3. The van der Waals surface area contributed by atoms with E-state index in [4.69, 9.17) is 0 Å². The van der Waals surface area contributed by atoms with Crippen molar-refractivity contribution >= 4 is 11.0 Å². The van der Waals surface area contributed by atoms with Crippen molar-refractivity contribution < 1.29 is 0 Å². The molecule has 0 aliphatic carbocycles. The Morgan fingerprint density at radius 3 is 2.54 bits per heavy atom. The van der Waals surface area contributed by atoms with Gasteiger partial charge in [0.1, 0.15) is 0 Å². The molecule has 1 fully saturated rings. The number of piperidine rings is 1. The Balaban J connectivity index is 1.48. The van der Waals surface area contributed by atoms with E-state index in [1.165, 1.54) is 45.1 Å². The van der Waals surface area contributed by atoms with Crippen molar-refractivity contribution in [2.24, 2.45) is 0 Å². The molecule has 0 atom stereocenters. The van der Waals surface area contributed by atoms with E-state index in [1.807, 2.05) is 22.8 Å². The Bertz CT molecular complexity index is 679.